The van der Waals surface area contributed by atoms with Crippen molar-refractivity contribution in [3.63, 3.8) is 0 Å². The zero-order chi connectivity index (χ0) is 42.5. The Morgan fingerprint density at radius 1 is 1.02 bits per heavy atom. The molecule has 1 saturated heterocycles. The van der Waals surface area contributed by atoms with Crippen molar-refractivity contribution in [1.82, 2.24) is 30.0 Å². The van der Waals surface area contributed by atoms with Gasteiger partial charge in [-0.2, -0.15) is 0 Å². The van der Waals surface area contributed by atoms with Crippen molar-refractivity contribution in [3.05, 3.63) is 107 Å². The van der Waals surface area contributed by atoms with E-state index in [2.05, 4.69) is 30.4 Å². The molecule has 60 heavy (non-hydrogen) atoms. The quantitative estimate of drug-likeness (QED) is 0.0343. The maximum atomic E-state index is 14.7. The van der Waals surface area contributed by atoms with Crippen LogP contribution in [0.5, 0.6) is 5.75 Å². The summed E-state index contributed by atoms with van der Waals surface area (Å²) >= 11 is 0. The number of H-pyrrole nitrogens is 1. The van der Waals surface area contributed by atoms with E-state index in [1.165, 1.54) is 12.3 Å². The molecular weight excluding hydrogens is 779 g/mol. The van der Waals surface area contributed by atoms with Gasteiger partial charge in [0.2, 0.25) is 29.8 Å². The van der Waals surface area contributed by atoms with E-state index >= 15 is 0 Å². The first-order valence-corrected chi connectivity index (χ1v) is 19.5. The number of rotatable bonds is 16. The first-order valence-electron chi connectivity index (χ1n) is 19.5. The SMILES string of the molecule is CCCC(C(=O)NC=O)N1C(=O)c2cccc(NCCCC(=O)N3CCN(Cc4ccc(-c5cnc6[nH]cc(C(=O)c7c(F)ccc(N)c7OF)c6c5)cc4)CC3)c2C1=O. The third-order valence-electron chi connectivity index (χ3n) is 10.8. The predicted molar refractivity (Wildman–Crippen MR) is 217 cm³/mol. The van der Waals surface area contributed by atoms with Crippen LogP contribution in [-0.2, 0) is 20.9 Å². The summed E-state index contributed by atoms with van der Waals surface area (Å²) in [6, 6.07) is 15.5. The van der Waals surface area contributed by atoms with Gasteiger partial charge in [0.1, 0.15) is 23.1 Å². The number of hydrogen-bond acceptors (Lipinski definition) is 11. The van der Waals surface area contributed by atoms with Crippen molar-refractivity contribution >= 4 is 58.2 Å². The van der Waals surface area contributed by atoms with E-state index in [-0.39, 0.29) is 47.5 Å². The molecule has 5 amide bonds. The van der Waals surface area contributed by atoms with Crippen LogP contribution in [0.15, 0.2) is 73.1 Å². The number of piperazine rings is 1. The smallest absolute Gasteiger partial charge is 0.264 e. The molecule has 5 N–H and O–H groups in total. The maximum Gasteiger partial charge on any atom is 0.264 e. The molecule has 0 saturated carbocycles. The highest BCUT2D eigenvalue weighted by Gasteiger charge is 2.43. The van der Waals surface area contributed by atoms with Crippen LogP contribution in [-0.4, -0.2) is 99.3 Å². The largest absolute Gasteiger partial charge is 0.396 e. The average Bonchev–Trinajstić information content (AvgIpc) is 3.80. The number of fused-ring (bicyclic) bond motifs is 2. The summed E-state index contributed by atoms with van der Waals surface area (Å²) in [6.07, 6.45) is 4.76. The van der Waals surface area contributed by atoms with Crippen molar-refractivity contribution in [3.8, 4) is 16.9 Å². The molecule has 3 aromatic carbocycles. The number of benzene rings is 3. The molecule has 0 bridgehead atoms. The minimum Gasteiger partial charge on any atom is -0.396 e. The monoisotopic (exact) mass is 820 g/mol. The number of halogens is 2. The number of amides is 5. The number of pyridine rings is 1. The number of ketones is 1. The highest BCUT2D eigenvalue weighted by Crippen LogP contribution is 2.35. The Kier molecular flexibility index (Phi) is 12.3. The molecule has 17 heteroatoms. The van der Waals surface area contributed by atoms with Gasteiger partial charge in [-0.3, -0.25) is 48.8 Å². The van der Waals surface area contributed by atoms with Crippen LogP contribution in [0.4, 0.5) is 20.3 Å². The van der Waals surface area contributed by atoms with Crippen LogP contribution in [0.1, 0.15) is 74.8 Å². The van der Waals surface area contributed by atoms with E-state index in [4.69, 9.17) is 5.73 Å². The Balaban J connectivity index is 0.898. The van der Waals surface area contributed by atoms with Gasteiger partial charge in [0.25, 0.3) is 11.8 Å². The lowest BCUT2D eigenvalue weighted by molar-refractivity contribution is -0.133. The van der Waals surface area contributed by atoms with Crippen LogP contribution in [0.3, 0.4) is 0 Å². The summed E-state index contributed by atoms with van der Waals surface area (Å²) in [5.41, 5.74) is 8.73. The van der Waals surface area contributed by atoms with Gasteiger partial charge in [0.15, 0.2) is 0 Å². The predicted octanol–water partition coefficient (Wildman–Crippen LogP) is 5.02. The van der Waals surface area contributed by atoms with E-state index < -0.39 is 46.7 Å². The maximum absolute atomic E-state index is 14.7. The number of hydrogen-bond donors (Lipinski definition) is 4. The van der Waals surface area contributed by atoms with Crippen molar-refractivity contribution in [1.29, 1.82) is 0 Å². The van der Waals surface area contributed by atoms with Crippen molar-refractivity contribution < 1.29 is 42.6 Å². The molecule has 15 nitrogen and oxygen atoms in total. The minimum absolute atomic E-state index is 0.0206. The zero-order valence-corrected chi connectivity index (χ0v) is 32.6. The van der Waals surface area contributed by atoms with Crippen LogP contribution >= 0.6 is 0 Å². The van der Waals surface area contributed by atoms with Gasteiger partial charge >= 0.3 is 0 Å². The van der Waals surface area contributed by atoms with Crippen LogP contribution in [0, 0.1) is 5.82 Å². The highest BCUT2D eigenvalue weighted by molar-refractivity contribution is 6.25. The van der Waals surface area contributed by atoms with E-state index in [1.807, 2.05) is 36.1 Å². The van der Waals surface area contributed by atoms with E-state index in [0.717, 1.165) is 28.2 Å². The average molecular weight is 821 g/mol. The van der Waals surface area contributed by atoms with Gasteiger partial charge in [0.05, 0.1) is 16.8 Å². The Bertz CT molecular complexity index is 2480. The van der Waals surface area contributed by atoms with Crippen LogP contribution in [0.25, 0.3) is 22.2 Å². The highest BCUT2D eigenvalue weighted by atomic mass is 19.3. The summed E-state index contributed by atoms with van der Waals surface area (Å²) in [5, 5.41) is 5.66. The zero-order valence-electron chi connectivity index (χ0n) is 32.6. The fraction of sp³-hybridized carbons (Fsp3) is 0.279. The summed E-state index contributed by atoms with van der Waals surface area (Å²) in [4.78, 5) is 92.7. The molecular formula is C43H42F2N8O7. The molecule has 1 atom stereocenters. The fourth-order valence-corrected chi connectivity index (χ4v) is 7.73. The molecule has 4 heterocycles. The van der Waals surface area contributed by atoms with Crippen LogP contribution < -0.4 is 21.3 Å². The lowest BCUT2D eigenvalue weighted by Gasteiger charge is -2.35. The molecule has 1 fully saturated rings. The molecule has 7 rings (SSSR count). The second-order valence-corrected chi connectivity index (χ2v) is 14.6. The standard InChI is InChI=1S/C43H42F2N8O7/c1-2-5-34(41(57)50-24-54)53-42(58)28-6-3-7-33(36(28)43(53)59)47-15-4-8-35(55)52-18-16-51(17-19-52)23-25-9-11-26(12-10-25)27-20-29-30(22-49-40(29)48-21-27)38(56)37-31(44)13-14-32(46)39(37)60-45/h3,6-7,9-14,20-22,24,34,47H,2,4-5,8,15-19,23,46H2,1H3,(H,48,49)(H,50,54,57). The number of imide groups is 2. The van der Waals surface area contributed by atoms with Gasteiger partial charge in [-0.15, -0.1) is 0 Å². The Morgan fingerprint density at radius 3 is 2.50 bits per heavy atom. The van der Waals surface area contributed by atoms with E-state index in [9.17, 15) is 37.7 Å². The third kappa shape index (κ3) is 8.16. The minimum atomic E-state index is -1.11. The van der Waals surface area contributed by atoms with Crippen molar-refractivity contribution in [2.75, 3.05) is 43.8 Å². The third-order valence-corrected chi connectivity index (χ3v) is 10.8. The van der Waals surface area contributed by atoms with E-state index in [1.54, 1.807) is 24.4 Å². The number of carbonyl (C=O) groups excluding carboxylic acids is 6. The molecule has 0 aliphatic carbocycles. The summed E-state index contributed by atoms with van der Waals surface area (Å²) in [5.74, 6) is -4.37. The Labute approximate surface area is 342 Å². The molecule has 0 spiro atoms. The molecule has 2 aliphatic rings. The number of nitrogens with zero attached hydrogens (tertiary/aromatic N) is 4. The number of carbonyl (C=O) groups is 6. The van der Waals surface area contributed by atoms with Gasteiger partial charge in [0, 0.05) is 84.8 Å². The molecule has 310 valence electrons. The number of nitrogen functional groups attached to an aromatic ring is 1. The lowest BCUT2D eigenvalue weighted by Crippen LogP contribution is -2.49. The first-order chi connectivity index (χ1) is 29.0. The number of aromatic nitrogens is 2. The van der Waals surface area contributed by atoms with Gasteiger partial charge in [-0.1, -0.05) is 43.7 Å². The van der Waals surface area contributed by atoms with Gasteiger partial charge in [-0.05, 0) is 54.3 Å². The Morgan fingerprint density at radius 2 is 1.78 bits per heavy atom. The first kappa shape index (κ1) is 41.2. The molecule has 5 aromatic rings. The molecule has 2 aromatic heterocycles. The number of aromatic amines is 1. The van der Waals surface area contributed by atoms with Gasteiger partial charge < -0.3 is 20.9 Å². The van der Waals surface area contributed by atoms with Gasteiger partial charge in [-0.25, -0.2) is 9.37 Å². The number of nitrogens with two attached hydrogens (primary N) is 1. The van der Waals surface area contributed by atoms with Crippen LogP contribution in [0.2, 0.25) is 0 Å². The van der Waals surface area contributed by atoms with Crippen molar-refractivity contribution in [2.45, 2.75) is 45.2 Å². The molecule has 2 aliphatic heterocycles. The second-order valence-electron chi connectivity index (χ2n) is 14.6. The fourth-order valence-electron chi connectivity index (χ4n) is 7.73. The number of anilines is 2. The summed E-state index contributed by atoms with van der Waals surface area (Å²) in [6.45, 7) is 5.37. The molecule has 0 radical (unpaired) electrons. The summed E-state index contributed by atoms with van der Waals surface area (Å²) < 4.78 is 28.0. The molecule has 1 unspecified atom stereocenters. The Hall–Kier alpha value is -7.01. The van der Waals surface area contributed by atoms with Crippen molar-refractivity contribution in [2.24, 2.45) is 0 Å². The second kappa shape index (κ2) is 17.9. The lowest BCUT2D eigenvalue weighted by atomic mass is 9.99. The number of nitrogens with one attached hydrogen (secondary N) is 3. The normalized spacial score (nSPS) is 14.6. The topological polar surface area (TPSA) is 200 Å². The van der Waals surface area contributed by atoms with E-state index in [0.29, 0.717) is 74.4 Å². The summed E-state index contributed by atoms with van der Waals surface area (Å²) in [7, 11) is 0.